The second-order valence-corrected chi connectivity index (χ2v) is 13.8. The van der Waals surface area contributed by atoms with E-state index in [1.807, 2.05) is 12.1 Å². The molecule has 10 rings (SSSR count). The highest BCUT2D eigenvalue weighted by atomic mass is 16.3. The van der Waals surface area contributed by atoms with Gasteiger partial charge in [-0.25, -0.2) is 0 Å². The van der Waals surface area contributed by atoms with Gasteiger partial charge in [0.2, 0.25) is 0 Å². The first-order valence-electron chi connectivity index (χ1n) is 18.4. The van der Waals surface area contributed by atoms with Crippen LogP contribution in [0.4, 0.5) is 17.1 Å². The van der Waals surface area contributed by atoms with Gasteiger partial charge in [0.15, 0.2) is 0 Å². The van der Waals surface area contributed by atoms with Crippen LogP contribution in [0.1, 0.15) is 0 Å². The van der Waals surface area contributed by atoms with E-state index in [9.17, 15) is 0 Å². The maximum atomic E-state index is 6.08. The number of fused-ring (bicyclic) bond motifs is 4. The molecule has 1 heterocycles. The number of anilines is 3. The quantitative estimate of drug-likeness (QED) is 0.166. The molecule has 0 unspecified atom stereocenters. The Morgan fingerprint density at radius 3 is 1.54 bits per heavy atom. The number of hydrogen-bond donors (Lipinski definition) is 0. The maximum Gasteiger partial charge on any atom is 0.135 e. The van der Waals surface area contributed by atoms with Gasteiger partial charge in [-0.2, -0.15) is 0 Å². The Kier molecular flexibility index (Phi) is 7.85. The molecule has 0 amide bonds. The molecule has 254 valence electrons. The van der Waals surface area contributed by atoms with Gasteiger partial charge in [-0.1, -0.05) is 158 Å². The molecular weight excluding hydrogens is 655 g/mol. The summed E-state index contributed by atoms with van der Waals surface area (Å²) in [6.07, 6.45) is 0. The van der Waals surface area contributed by atoms with Crippen LogP contribution in [0.5, 0.6) is 0 Å². The number of para-hydroxylation sites is 1. The first-order valence-corrected chi connectivity index (χ1v) is 18.4. The number of furan rings is 1. The zero-order valence-corrected chi connectivity index (χ0v) is 29.6. The van der Waals surface area contributed by atoms with Crippen LogP contribution >= 0.6 is 0 Å². The predicted molar refractivity (Wildman–Crippen MR) is 228 cm³/mol. The van der Waals surface area contributed by atoms with Crippen molar-refractivity contribution in [1.82, 2.24) is 0 Å². The zero-order chi connectivity index (χ0) is 35.8. The van der Waals surface area contributed by atoms with Gasteiger partial charge in [0.05, 0.1) is 5.69 Å². The summed E-state index contributed by atoms with van der Waals surface area (Å²) in [7, 11) is 0. The van der Waals surface area contributed by atoms with Gasteiger partial charge in [0, 0.05) is 27.5 Å². The largest absolute Gasteiger partial charge is 0.456 e. The van der Waals surface area contributed by atoms with Gasteiger partial charge in [-0.05, 0) is 104 Å². The average molecular weight is 690 g/mol. The van der Waals surface area contributed by atoms with E-state index in [2.05, 4.69) is 205 Å². The number of rotatable bonds is 7. The van der Waals surface area contributed by atoms with Gasteiger partial charge in [-0.3, -0.25) is 0 Å². The molecule has 10 aromatic rings. The Bertz CT molecular complexity index is 2920. The van der Waals surface area contributed by atoms with E-state index in [4.69, 9.17) is 4.42 Å². The van der Waals surface area contributed by atoms with Gasteiger partial charge in [0.25, 0.3) is 0 Å². The molecule has 0 radical (unpaired) electrons. The smallest absolute Gasteiger partial charge is 0.135 e. The van der Waals surface area contributed by atoms with E-state index in [-0.39, 0.29) is 0 Å². The van der Waals surface area contributed by atoms with Crippen molar-refractivity contribution < 1.29 is 4.42 Å². The number of hydrogen-bond acceptors (Lipinski definition) is 2. The third-order valence-electron chi connectivity index (χ3n) is 10.5. The Morgan fingerprint density at radius 2 is 0.778 bits per heavy atom. The zero-order valence-electron chi connectivity index (χ0n) is 29.6. The lowest BCUT2D eigenvalue weighted by atomic mass is 9.98. The van der Waals surface area contributed by atoms with Gasteiger partial charge in [-0.15, -0.1) is 0 Å². The average Bonchev–Trinajstić information content (AvgIpc) is 3.63. The maximum absolute atomic E-state index is 6.08. The lowest BCUT2D eigenvalue weighted by Crippen LogP contribution is -2.10. The SMILES string of the molecule is c1ccc(-c2cccc(-c3ccc(N(c4cccc(-c5ccc(-c6ccc7oc8ccccc8c7c6)cc5)c4)c4cccc5ccccc45)cc3)c2)cc1. The molecule has 0 saturated carbocycles. The third-order valence-corrected chi connectivity index (χ3v) is 10.5. The minimum atomic E-state index is 0.913. The van der Waals surface area contributed by atoms with E-state index in [0.29, 0.717) is 0 Å². The Balaban J connectivity index is 1.01. The molecule has 2 heteroatoms. The summed E-state index contributed by atoms with van der Waals surface area (Å²) in [6, 6.07) is 76.0. The van der Waals surface area contributed by atoms with Crippen molar-refractivity contribution in [2.24, 2.45) is 0 Å². The fourth-order valence-corrected chi connectivity index (χ4v) is 7.73. The summed E-state index contributed by atoms with van der Waals surface area (Å²) in [6.45, 7) is 0. The molecule has 0 spiro atoms. The first kappa shape index (κ1) is 31.6. The fraction of sp³-hybridized carbons (Fsp3) is 0. The molecule has 9 aromatic carbocycles. The molecule has 1 aromatic heterocycles. The summed E-state index contributed by atoms with van der Waals surface area (Å²) in [5.41, 5.74) is 14.7. The van der Waals surface area contributed by atoms with Crippen molar-refractivity contribution in [2.45, 2.75) is 0 Å². The first-order chi connectivity index (χ1) is 26.7. The van der Waals surface area contributed by atoms with E-state index in [1.54, 1.807) is 0 Å². The molecule has 54 heavy (non-hydrogen) atoms. The van der Waals surface area contributed by atoms with Crippen LogP contribution in [0.2, 0.25) is 0 Å². The van der Waals surface area contributed by atoms with Crippen molar-refractivity contribution >= 4 is 49.8 Å². The minimum absolute atomic E-state index is 0.913. The summed E-state index contributed by atoms with van der Waals surface area (Å²) in [5, 5.41) is 4.70. The summed E-state index contributed by atoms with van der Waals surface area (Å²) in [4.78, 5) is 2.38. The molecule has 0 aliphatic rings. The monoisotopic (exact) mass is 689 g/mol. The number of nitrogens with zero attached hydrogens (tertiary/aromatic N) is 1. The molecule has 0 fully saturated rings. The highest BCUT2D eigenvalue weighted by Crippen LogP contribution is 2.41. The fourth-order valence-electron chi connectivity index (χ4n) is 7.73. The standard InChI is InChI=1S/C52H35NO/c1-2-11-36(12-3-1)41-15-8-16-42(33-41)39-27-30-45(31-28-39)53(50-21-10-14-40-13-4-5-19-47(40)50)46-18-9-17-43(34-46)37-23-25-38(26-24-37)44-29-32-52-49(35-44)48-20-6-7-22-51(48)54-52/h1-35H. The normalized spacial score (nSPS) is 11.3. The van der Waals surface area contributed by atoms with E-state index in [1.165, 1.54) is 49.7 Å². The molecule has 0 aliphatic carbocycles. The summed E-state index contributed by atoms with van der Waals surface area (Å²) >= 11 is 0. The summed E-state index contributed by atoms with van der Waals surface area (Å²) < 4.78 is 6.08. The van der Waals surface area contributed by atoms with E-state index >= 15 is 0 Å². The van der Waals surface area contributed by atoms with Crippen molar-refractivity contribution in [1.29, 1.82) is 0 Å². The van der Waals surface area contributed by atoms with Crippen molar-refractivity contribution in [3.8, 4) is 44.5 Å². The molecule has 0 atom stereocenters. The van der Waals surface area contributed by atoms with E-state index in [0.717, 1.165) is 44.6 Å². The number of benzene rings is 9. The molecule has 0 N–H and O–H groups in total. The highest BCUT2D eigenvalue weighted by molar-refractivity contribution is 6.06. The topological polar surface area (TPSA) is 16.4 Å². The molecular formula is C52H35NO. The van der Waals surface area contributed by atoms with Crippen LogP contribution in [0.15, 0.2) is 217 Å². The van der Waals surface area contributed by atoms with Crippen LogP contribution in [0.25, 0.3) is 77.2 Å². The van der Waals surface area contributed by atoms with Gasteiger partial charge in [0.1, 0.15) is 11.2 Å². The van der Waals surface area contributed by atoms with E-state index < -0.39 is 0 Å². The second kappa shape index (κ2) is 13.4. The second-order valence-electron chi connectivity index (χ2n) is 13.8. The molecule has 0 saturated heterocycles. The lowest BCUT2D eigenvalue weighted by Gasteiger charge is -2.27. The molecule has 0 aliphatic heterocycles. The Hall–Kier alpha value is -7.16. The highest BCUT2D eigenvalue weighted by Gasteiger charge is 2.17. The van der Waals surface area contributed by atoms with Crippen LogP contribution in [0.3, 0.4) is 0 Å². The Labute approximate surface area is 314 Å². The molecule has 0 bridgehead atoms. The van der Waals surface area contributed by atoms with Gasteiger partial charge >= 0.3 is 0 Å². The van der Waals surface area contributed by atoms with Crippen molar-refractivity contribution in [3.05, 3.63) is 212 Å². The van der Waals surface area contributed by atoms with Gasteiger partial charge < -0.3 is 9.32 Å². The van der Waals surface area contributed by atoms with Crippen LogP contribution in [0, 0.1) is 0 Å². The molecule has 2 nitrogen and oxygen atoms in total. The van der Waals surface area contributed by atoms with Crippen molar-refractivity contribution in [2.75, 3.05) is 4.90 Å². The van der Waals surface area contributed by atoms with Crippen LogP contribution in [-0.2, 0) is 0 Å². The minimum Gasteiger partial charge on any atom is -0.456 e. The predicted octanol–water partition coefficient (Wildman–Crippen LogP) is 14.9. The lowest BCUT2D eigenvalue weighted by molar-refractivity contribution is 0.669. The Morgan fingerprint density at radius 1 is 0.278 bits per heavy atom. The van der Waals surface area contributed by atoms with Crippen molar-refractivity contribution in [3.63, 3.8) is 0 Å². The summed E-state index contributed by atoms with van der Waals surface area (Å²) in [5.74, 6) is 0. The van der Waals surface area contributed by atoms with Crippen LogP contribution in [-0.4, -0.2) is 0 Å². The van der Waals surface area contributed by atoms with Crippen LogP contribution < -0.4 is 4.90 Å². The third kappa shape index (κ3) is 5.81.